The first-order valence-corrected chi connectivity index (χ1v) is 8.17. The smallest absolute Gasteiger partial charge is 0.319 e. The van der Waals surface area contributed by atoms with E-state index in [4.69, 9.17) is 5.73 Å². The van der Waals surface area contributed by atoms with Gasteiger partial charge in [-0.1, -0.05) is 18.6 Å². The second kappa shape index (κ2) is 9.49. The van der Waals surface area contributed by atoms with Crippen LogP contribution in [-0.2, 0) is 4.79 Å². The molecular formula is C17H27ClN4O2. The molecule has 5 N–H and O–H groups in total. The maximum Gasteiger partial charge on any atom is 0.319 e. The van der Waals surface area contributed by atoms with Crippen molar-refractivity contribution in [1.82, 2.24) is 5.32 Å². The fourth-order valence-electron chi connectivity index (χ4n) is 2.88. The zero-order valence-electron chi connectivity index (χ0n) is 14.2. The first-order valence-electron chi connectivity index (χ1n) is 8.17. The van der Waals surface area contributed by atoms with Crippen LogP contribution in [0.15, 0.2) is 24.3 Å². The van der Waals surface area contributed by atoms with Gasteiger partial charge in [-0.05, 0) is 44.7 Å². The Hall–Kier alpha value is -1.79. The van der Waals surface area contributed by atoms with Gasteiger partial charge in [0.15, 0.2) is 0 Å². The molecule has 6 nitrogen and oxygen atoms in total. The summed E-state index contributed by atoms with van der Waals surface area (Å²) in [5.41, 5.74) is 7.20. The Labute approximate surface area is 149 Å². The molecule has 7 heteroatoms. The van der Waals surface area contributed by atoms with E-state index in [-0.39, 0.29) is 42.3 Å². The topological polar surface area (TPSA) is 96.2 Å². The minimum absolute atomic E-state index is 0. The minimum Gasteiger partial charge on any atom is -0.336 e. The predicted octanol–water partition coefficient (Wildman–Crippen LogP) is 3.09. The lowest BCUT2D eigenvalue weighted by Gasteiger charge is -2.17. The van der Waals surface area contributed by atoms with Crippen LogP contribution < -0.4 is 21.7 Å². The van der Waals surface area contributed by atoms with Crippen molar-refractivity contribution in [2.75, 3.05) is 10.6 Å². The number of hydrogen-bond acceptors (Lipinski definition) is 3. The summed E-state index contributed by atoms with van der Waals surface area (Å²) in [6, 6.07) is 7.04. The molecule has 24 heavy (non-hydrogen) atoms. The maximum atomic E-state index is 12.2. The number of benzene rings is 1. The number of nitrogens with two attached hydrogens (primary N) is 1. The quantitative estimate of drug-likeness (QED) is 0.654. The zero-order chi connectivity index (χ0) is 16.8. The minimum atomic E-state index is -0.292. The van der Waals surface area contributed by atoms with Gasteiger partial charge in [-0.15, -0.1) is 12.4 Å². The number of carbonyl (C=O) groups is 2. The second-order valence-electron chi connectivity index (χ2n) is 6.41. The Bertz CT molecular complexity index is 565. The summed E-state index contributed by atoms with van der Waals surface area (Å²) >= 11 is 0. The van der Waals surface area contributed by atoms with Crippen LogP contribution in [-0.4, -0.2) is 24.0 Å². The molecule has 2 rings (SSSR count). The Morgan fingerprint density at radius 1 is 1.17 bits per heavy atom. The maximum absolute atomic E-state index is 12.2. The monoisotopic (exact) mass is 354 g/mol. The van der Waals surface area contributed by atoms with Gasteiger partial charge in [-0.2, -0.15) is 0 Å². The molecular weight excluding hydrogens is 328 g/mol. The summed E-state index contributed by atoms with van der Waals surface area (Å²) in [5, 5.41) is 8.40. The highest BCUT2D eigenvalue weighted by Gasteiger charge is 2.26. The largest absolute Gasteiger partial charge is 0.336 e. The van der Waals surface area contributed by atoms with E-state index in [1.165, 1.54) is 0 Å². The Morgan fingerprint density at radius 2 is 1.79 bits per heavy atom. The van der Waals surface area contributed by atoms with E-state index in [9.17, 15) is 9.59 Å². The lowest BCUT2D eigenvalue weighted by molar-refractivity contribution is -0.117. The molecule has 1 aromatic rings. The van der Waals surface area contributed by atoms with Gasteiger partial charge in [0.25, 0.3) is 0 Å². The van der Waals surface area contributed by atoms with Crippen molar-refractivity contribution in [3.8, 4) is 0 Å². The van der Waals surface area contributed by atoms with Crippen LogP contribution in [0.4, 0.5) is 16.2 Å². The van der Waals surface area contributed by atoms with Crippen LogP contribution in [0.2, 0.25) is 0 Å². The van der Waals surface area contributed by atoms with E-state index in [0.29, 0.717) is 17.8 Å². The van der Waals surface area contributed by atoms with Gasteiger partial charge in [0, 0.05) is 18.5 Å². The molecule has 0 heterocycles. The molecule has 1 fully saturated rings. The number of para-hydroxylation sites is 2. The third-order valence-electron chi connectivity index (χ3n) is 4.03. The van der Waals surface area contributed by atoms with Crippen molar-refractivity contribution >= 4 is 35.7 Å². The molecule has 1 aromatic carbocycles. The van der Waals surface area contributed by atoms with Crippen molar-refractivity contribution in [2.45, 2.75) is 51.6 Å². The average molecular weight is 355 g/mol. The number of hydrogen-bond donors (Lipinski definition) is 4. The fraction of sp³-hybridized carbons (Fsp3) is 0.529. The number of rotatable bonds is 5. The van der Waals surface area contributed by atoms with E-state index in [1.54, 1.807) is 12.1 Å². The van der Waals surface area contributed by atoms with Gasteiger partial charge >= 0.3 is 6.03 Å². The summed E-state index contributed by atoms with van der Waals surface area (Å²) in [5.74, 6) is 0.185. The lowest BCUT2D eigenvalue weighted by Crippen LogP contribution is -2.34. The van der Waals surface area contributed by atoms with Gasteiger partial charge < -0.3 is 21.7 Å². The Morgan fingerprint density at radius 3 is 2.33 bits per heavy atom. The van der Waals surface area contributed by atoms with Crippen molar-refractivity contribution in [1.29, 1.82) is 0 Å². The van der Waals surface area contributed by atoms with Crippen molar-refractivity contribution in [2.24, 2.45) is 11.7 Å². The van der Waals surface area contributed by atoms with E-state index >= 15 is 0 Å². The van der Waals surface area contributed by atoms with Crippen LogP contribution in [0.3, 0.4) is 0 Å². The molecule has 0 bridgehead atoms. The molecule has 0 unspecified atom stereocenters. The summed E-state index contributed by atoms with van der Waals surface area (Å²) in [7, 11) is 0. The number of anilines is 2. The summed E-state index contributed by atoms with van der Waals surface area (Å²) in [4.78, 5) is 24.1. The highest BCUT2D eigenvalue weighted by molar-refractivity contribution is 5.99. The molecule has 0 saturated heterocycles. The number of carbonyl (C=O) groups excluding carboxylic acids is 2. The van der Waals surface area contributed by atoms with Gasteiger partial charge in [0.1, 0.15) is 0 Å². The molecule has 0 spiro atoms. The van der Waals surface area contributed by atoms with Crippen LogP contribution in [0.5, 0.6) is 0 Å². The van der Waals surface area contributed by atoms with Gasteiger partial charge in [0.05, 0.1) is 11.4 Å². The number of amides is 3. The lowest BCUT2D eigenvalue weighted by atomic mass is 10.00. The van der Waals surface area contributed by atoms with Crippen LogP contribution in [0.25, 0.3) is 0 Å². The van der Waals surface area contributed by atoms with E-state index < -0.39 is 0 Å². The van der Waals surface area contributed by atoms with Crippen molar-refractivity contribution in [3.05, 3.63) is 24.3 Å². The molecule has 1 aliphatic carbocycles. The number of nitrogens with one attached hydrogen (secondary N) is 3. The SMILES string of the molecule is CC(C)NC(=O)Nc1ccccc1NC(=O)C[C@@H]1CCC[C@H]1N.Cl. The predicted molar refractivity (Wildman–Crippen MR) is 99.5 cm³/mol. The van der Waals surface area contributed by atoms with Gasteiger partial charge in [-0.25, -0.2) is 4.79 Å². The Balaban J connectivity index is 0.00000288. The van der Waals surface area contributed by atoms with E-state index in [0.717, 1.165) is 19.3 Å². The van der Waals surface area contributed by atoms with Gasteiger partial charge in [-0.3, -0.25) is 4.79 Å². The normalized spacial score (nSPS) is 19.5. The van der Waals surface area contributed by atoms with E-state index in [1.807, 2.05) is 26.0 Å². The molecule has 0 aliphatic heterocycles. The second-order valence-corrected chi connectivity index (χ2v) is 6.41. The number of urea groups is 1. The average Bonchev–Trinajstić information content (AvgIpc) is 2.85. The Kier molecular flexibility index (Phi) is 8.01. The molecule has 134 valence electrons. The zero-order valence-corrected chi connectivity index (χ0v) is 15.0. The summed E-state index contributed by atoms with van der Waals surface area (Å²) in [6.45, 7) is 3.77. The fourth-order valence-corrected chi connectivity index (χ4v) is 2.88. The van der Waals surface area contributed by atoms with Crippen LogP contribution >= 0.6 is 12.4 Å². The molecule has 0 radical (unpaired) electrons. The van der Waals surface area contributed by atoms with Crippen molar-refractivity contribution < 1.29 is 9.59 Å². The third kappa shape index (κ3) is 6.02. The van der Waals surface area contributed by atoms with Crippen molar-refractivity contribution in [3.63, 3.8) is 0 Å². The first-order chi connectivity index (χ1) is 11.0. The third-order valence-corrected chi connectivity index (χ3v) is 4.03. The van der Waals surface area contributed by atoms with Gasteiger partial charge in [0.2, 0.25) is 5.91 Å². The molecule has 0 aromatic heterocycles. The molecule has 2 atom stereocenters. The highest BCUT2D eigenvalue weighted by atomic mass is 35.5. The van der Waals surface area contributed by atoms with E-state index in [2.05, 4.69) is 16.0 Å². The number of halogens is 1. The summed E-state index contributed by atoms with van der Waals surface area (Å²) < 4.78 is 0. The van der Waals surface area contributed by atoms with Crippen LogP contribution in [0, 0.1) is 5.92 Å². The first kappa shape index (κ1) is 20.3. The highest BCUT2D eigenvalue weighted by Crippen LogP contribution is 2.28. The molecule has 1 saturated carbocycles. The molecule has 3 amide bonds. The summed E-state index contributed by atoms with van der Waals surface area (Å²) in [6.07, 6.45) is 3.51. The molecule has 1 aliphatic rings. The standard InChI is InChI=1S/C17H26N4O2.ClH/c1-11(2)19-17(23)21-15-9-4-3-8-14(15)20-16(22)10-12-6-5-7-13(12)18;/h3-4,8-9,11-13H,5-7,10,18H2,1-2H3,(H,20,22)(H2,19,21,23);1H/t12-,13+;/m0./s1. The van der Waals surface area contributed by atoms with Crippen LogP contribution in [0.1, 0.15) is 39.5 Å².